The van der Waals surface area contributed by atoms with Crippen molar-refractivity contribution >= 4 is 29.3 Å². The van der Waals surface area contributed by atoms with Crippen LogP contribution in [0.4, 0.5) is 5.69 Å². The van der Waals surface area contributed by atoms with Crippen molar-refractivity contribution in [1.29, 1.82) is 5.26 Å². The molecular weight excluding hydrogens is 324 g/mol. The quantitative estimate of drug-likeness (QED) is 0.512. The Hall–Kier alpha value is -2.58. The lowest BCUT2D eigenvalue weighted by Gasteiger charge is -2.12. The Morgan fingerprint density at radius 1 is 1.38 bits per heavy atom. The van der Waals surface area contributed by atoms with E-state index >= 15 is 0 Å². The molecule has 0 radical (unpaired) electrons. The molecule has 0 bridgehead atoms. The molecule has 1 heterocycles. The zero-order valence-corrected chi connectivity index (χ0v) is 14.7. The highest BCUT2D eigenvalue weighted by Crippen LogP contribution is 2.22. The van der Waals surface area contributed by atoms with Crippen LogP contribution in [0, 0.1) is 32.1 Å². The molecule has 0 aliphatic rings. The summed E-state index contributed by atoms with van der Waals surface area (Å²) in [6.45, 7) is 6.44. The van der Waals surface area contributed by atoms with E-state index in [0.29, 0.717) is 18.0 Å². The summed E-state index contributed by atoms with van der Waals surface area (Å²) in [6.07, 6.45) is 4.86. The van der Waals surface area contributed by atoms with Crippen LogP contribution in [0.3, 0.4) is 0 Å². The summed E-state index contributed by atoms with van der Waals surface area (Å²) in [5.41, 5.74) is 4.51. The molecule has 0 spiro atoms. The molecule has 1 N–H and O–H groups in total. The van der Waals surface area contributed by atoms with E-state index in [1.165, 1.54) is 6.08 Å². The molecule has 0 atom stereocenters. The van der Waals surface area contributed by atoms with Gasteiger partial charge in [-0.05, 0) is 38.0 Å². The number of amides is 1. The van der Waals surface area contributed by atoms with Gasteiger partial charge in [0.05, 0.1) is 12.7 Å². The molecule has 2 rings (SSSR count). The number of alkyl halides is 1. The van der Waals surface area contributed by atoms with Crippen molar-refractivity contribution in [2.45, 2.75) is 27.3 Å². The van der Waals surface area contributed by atoms with Crippen LogP contribution < -0.4 is 5.32 Å². The predicted octanol–water partition coefficient (Wildman–Crippen LogP) is 3.59. The minimum absolute atomic E-state index is 0.0276. The Balaban J connectivity index is 2.23. The second-order valence-electron chi connectivity index (χ2n) is 5.62. The van der Waals surface area contributed by atoms with Crippen LogP contribution in [0.5, 0.6) is 0 Å². The number of aromatic nitrogens is 2. The van der Waals surface area contributed by atoms with Gasteiger partial charge in [0.15, 0.2) is 0 Å². The SMILES string of the molecule is Cc1cc(C)c(NC(=O)/C(C#N)=C\c2cnn(CCCl)c2)c(C)c1. The molecule has 0 saturated heterocycles. The van der Waals surface area contributed by atoms with Gasteiger partial charge in [-0.15, -0.1) is 11.6 Å². The molecule has 1 amide bonds. The summed E-state index contributed by atoms with van der Waals surface area (Å²) < 4.78 is 1.67. The second kappa shape index (κ2) is 7.80. The summed E-state index contributed by atoms with van der Waals surface area (Å²) in [6, 6.07) is 5.94. The van der Waals surface area contributed by atoms with Crippen molar-refractivity contribution in [2.24, 2.45) is 0 Å². The number of benzene rings is 1. The molecule has 6 heteroatoms. The van der Waals surface area contributed by atoms with Crippen molar-refractivity contribution in [3.05, 3.63) is 52.4 Å². The van der Waals surface area contributed by atoms with Crippen molar-refractivity contribution in [3.63, 3.8) is 0 Å². The van der Waals surface area contributed by atoms with E-state index < -0.39 is 5.91 Å². The van der Waals surface area contributed by atoms with E-state index in [1.807, 2.05) is 39.0 Å². The normalized spacial score (nSPS) is 11.2. The monoisotopic (exact) mass is 342 g/mol. The van der Waals surface area contributed by atoms with Gasteiger partial charge >= 0.3 is 0 Å². The van der Waals surface area contributed by atoms with Crippen LogP contribution in [0.15, 0.2) is 30.1 Å². The first-order valence-electron chi connectivity index (χ1n) is 7.54. The third kappa shape index (κ3) is 4.24. The molecule has 1 aromatic heterocycles. The van der Waals surface area contributed by atoms with Crippen LogP contribution >= 0.6 is 11.6 Å². The Morgan fingerprint density at radius 3 is 2.62 bits per heavy atom. The highest BCUT2D eigenvalue weighted by molar-refractivity contribution is 6.17. The summed E-state index contributed by atoms with van der Waals surface area (Å²) in [7, 11) is 0. The van der Waals surface area contributed by atoms with Crippen LogP contribution in [0.25, 0.3) is 6.08 Å². The van der Waals surface area contributed by atoms with E-state index in [0.717, 1.165) is 22.4 Å². The van der Waals surface area contributed by atoms with Gasteiger partial charge in [-0.1, -0.05) is 17.7 Å². The maximum absolute atomic E-state index is 12.4. The van der Waals surface area contributed by atoms with E-state index in [2.05, 4.69) is 10.4 Å². The van der Waals surface area contributed by atoms with E-state index in [4.69, 9.17) is 11.6 Å². The van der Waals surface area contributed by atoms with E-state index in [1.54, 1.807) is 17.1 Å². The van der Waals surface area contributed by atoms with Crippen molar-refractivity contribution < 1.29 is 4.79 Å². The van der Waals surface area contributed by atoms with Gasteiger partial charge in [0, 0.05) is 23.3 Å². The molecule has 24 heavy (non-hydrogen) atoms. The third-order valence-corrected chi connectivity index (χ3v) is 3.73. The highest BCUT2D eigenvalue weighted by Gasteiger charge is 2.13. The standard InChI is InChI=1S/C18H19ClN4O/c1-12-6-13(2)17(14(3)7-12)22-18(24)16(9-20)8-15-10-21-23(11-15)5-4-19/h6-8,10-11H,4-5H2,1-3H3,(H,22,24)/b16-8-. The van der Waals surface area contributed by atoms with Crippen molar-refractivity contribution in [3.8, 4) is 6.07 Å². The van der Waals surface area contributed by atoms with Crippen LogP contribution in [0.2, 0.25) is 0 Å². The zero-order chi connectivity index (χ0) is 17.7. The van der Waals surface area contributed by atoms with Gasteiger partial charge in [0.2, 0.25) is 0 Å². The Bertz CT molecular complexity index is 807. The average molecular weight is 343 g/mol. The first-order valence-corrected chi connectivity index (χ1v) is 8.07. The number of halogens is 1. The van der Waals surface area contributed by atoms with Crippen LogP contribution in [-0.4, -0.2) is 21.6 Å². The molecule has 0 saturated carbocycles. The topological polar surface area (TPSA) is 70.7 Å². The fraction of sp³-hybridized carbons (Fsp3) is 0.278. The van der Waals surface area contributed by atoms with E-state index in [9.17, 15) is 10.1 Å². The van der Waals surface area contributed by atoms with Gasteiger partial charge in [-0.3, -0.25) is 9.48 Å². The fourth-order valence-corrected chi connectivity index (χ4v) is 2.71. The zero-order valence-electron chi connectivity index (χ0n) is 13.9. The molecule has 1 aromatic carbocycles. The molecule has 5 nitrogen and oxygen atoms in total. The number of rotatable bonds is 5. The van der Waals surface area contributed by atoms with Crippen LogP contribution in [-0.2, 0) is 11.3 Å². The van der Waals surface area contributed by atoms with Gasteiger partial charge in [0.1, 0.15) is 11.6 Å². The lowest BCUT2D eigenvalue weighted by Crippen LogP contribution is -2.15. The van der Waals surface area contributed by atoms with Gasteiger partial charge in [0.25, 0.3) is 5.91 Å². The largest absolute Gasteiger partial charge is 0.321 e. The third-order valence-electron chi connectivity index (χ3n) is 3.56. The van der Waals surface area contributed by atoms with E-state index in [-0.39, 0.29) is 5.57 Å². The number of nitrogens with one attached hydrogen (secondary N) is 1. The predicted molar refractivity (Wildman–Crippen MR) is 95.8 cm³/mol. The molecule has 0 unspecified atom stereocenters. The summed E-state index contributed by atoms with van der Waals surface area (Å²) in [4.78, 5) is 12.4. The minimum Gasteiger partial charge on any atom is -0.321 e. The summed E-state index contributed by atoms with van der Waals surface area (Å²) in [5.74, 6) is 0.0141. The molecular formula is C18H19ClN4O. The maximum Gasteiger partial charge on any atom is 0.266 e. The molecule has 0 fully saturated rings. The highest BCUT2D eigenvalue weighted by atomic mass is 35.5. The maximum atomic E-state index is 12.4. The summed E-state index contributed by atoms with van der Waals surface area (Å²) >= 11 is 5.67. The Morgan fingerprint density at radius 2 is 2.04 bits per heavy atom. The number of hydrogen-bond acceptors (Lipinski definition) is 3. The smallest absolute Gasteiger partial charge is 0.266 e. The number of nitrogens with zero attached hydrogens (tertiary/aromatic N) is 3. The number of carbonyl (C=O) groups excluding carboxylic acids is 1. The van der Waals surface area contributed by atoms with Gasteiger partial charge < -0.3 is 5.32 Å². The molecule has 124 valence electrons. The second-order valence-corrected chi connectivity index (χ2v) is 6.00. The first kappa shape index (κ1) is 17.8. The average Bonchev–Trinajstić information content (AvgIpc) is 2.96. The first-order chi connectivity index (χ1) is 11.4. The van der Waals surface area contributed by atoms with Crippen LogP contribution in [0.1, 0.15) is 22.3 Å². The summed E-state index contributed by atoms with van der Waals surface area (Å²) in [5, 5.41) is 16.3. The molecule has 2 aromatic rings. The Kier molecular flexibility index (Phi) is 5.78. The van der Waals surface area contributed by atoms with Crippen molar-refractivity contribution in [1.82, 2.24) is 9.78 Å². The fourth-order valence-electron chi connectivity index (χ4n) is 2.54. The number of carbonyl (C=O) groups is 1. The van der Waals surface area contributed by atoms with Gasteiger partial charge in [-0.2, -0.15) is 10.4 Å². The number of nitriles is 1. The Labute approximate surface area is 146 Å². The number of aryl methyl sites for hydroxylation is 4. The minimum atomic E-state index is -0.433. The van der Waals surface area contributed by atoms with Gasteiger partial charge in [-0.25, -0.2) is 0 Å². The lowest BCUT2D eigenvalue weighted by atomic mass is 10.0. The number of hydrogen-bond donors (Lipinski definition) is 1. The van der Waals surface area contributed by atoms with Crippen molar-refractivity contribution in [2.75, 3.05) is 11.2 Å². The number of anilines is 1. The molecule has 0 aliphatic carbocycles. The lowest BCUT2D eigenvalue weighted by molar-refractivity contribution is -0.112. The molecule has 0 aliphatic heterocycles.